The molecule has 6 nitrogen and oxygen atoms in total. The van der Waals surface area contributed by atoms with E-state index in [0.717, 1.165) is 38.8 Å². The summed E-state index contributed by atoms with van der Waals surface area (Å²) in [5.41, 5.74) is 9.64. The van der Waals surface area contributed by atoms with E-state index in [4.69, 9.17) is 10.1 Å². The maximum atomic E-state index is 6.21. The maximum Gasteiger partial charge on any atom is 0.109 e. The Morgan fingerprint density at radius 2 is 1.95 bits per heavy atom. The van der Waals surface area contributed by atoms with E-state index < -0.39 is 0 Å². The largest absolute Gasteiger partial charge is 0.396 e. The van der Waals surface area contributed by atoms with Crippen LogP contribution >= 0.6 is 12.0 Å². The first-order valence-electron chi connectivity index (χ1n) is 6.26. The summed E-state index contributed by atoms with van der Waals surface area (Å²) in [6, 6.07) is 5.80. The molecular formula is C14H17N3O3S. The first-order valence-corrected chi connectivity index (χ1v) is 7.00. The lowest BCUT2D eigenvalue weighted by molar-refractivity contribution is -0.447. The van der Waals surface area contributed by atoms with Gasteiger partial charge in [0, 0.05) is 17.3 Å². The van der Waals surface area contributed by atoms with Crippen molar-refractivity contribution >= 4 is 34.2 Å². The van der Waals surface area contributed by atoms with Gasteiger partial charge in [-0.3, -0.25) is 0 Å². The number of nitrogens with zero attached hydrogens (tertiary/aromatic N) is 2. The average molecular weight is 307 g/mol. The van der Waals surface area contributed by atoms with Gasteiger partial charge in [-0.05, 0) is 42.5 Å². The summed E-state index contributed by atoms with van der Waals surface area (Å²) in [5, 5.41) is 14.2. The third-order valence-electron chi connectivity index (χ3n) is 3.28. The van der Waals surface area contributed by atoms with E-state index in [1.54, 1.807) is 7.05 Å². The normalized spacial score (nSPS) is 11.6. The van der Waals surface area contributed by atoms with Crippen molar-refractivity contribution in [2.45, 2.75) is 18.7 Å². The summed E-state index contributed by atoms with van der Waals surface area (Å²) in [5.74, 6) is 0. The lowest BCUT2D eigenvalue weighted by atomic mass is 9.98. The van der Waals surface area contributed by atoms with Gasteiger partial charge in [-0.1, -0.05) is 11.1 Å². The van der Waals surface area contributed by atoms with Crippen molar-refractivity contribution in [1.82, 2.24) is 0 Å². The third kappa shape index (κ3) is 3.16. The quantitative estimate of drug-likeness (QED) is 0.223. The summed E-state index contributed by atoms with van der Waals surface area (Å²) in [4.78, 5) is 5.33. The van der Waals surface area contributed by atoms with Crippen LogP contribution in [0, 0.1) is 13.8 Å². The Morgan fingerprint density at radius 1 is 1.19 bits per heavy atom. The number of nitrogen functional groups attached to an aromatic ring is 1. The fraction of sp³-hybridized carbons (Fsp3) is 0.286. The van der Waals surface area contributed by atoms with Crippen LogP contribution in [0.2, 0.25) is 0 Å². The van der Waals surface area contributed by atoms with Gasteiger partial charge in [-0.2, -0.15) is 10.2 Å². The number of azo groups is 1. The molecule has 0 fully saturated rings. The van der Waals surface area contributed by atoms with Gasteiger partial charge < -0.3 is 5.73 Å². The van der Waals surface area contributed by atoms with E-state index in [0.29, 0.717) is 11.4 Å². The van der Waals surface area contributed by atoms with Gasteiger partial charge in [0.15, 0.2) is 0 Å². The molecular weight excluding hydrogens is 290 g/mol. The minimum atomic E-state index is 0.629. The van der Waals surface area contributed by atoms with E-state index in [1.807, 2.05) is 32.0 Å². The van der Waals surface area contributed by atoms with Gasteiger partial charge in [0.2, 0.25) is 0 Å². The SMILES string of the molecule is CN=Nc1ccc2cc(SOOOC)c(C)c(C)c2c1N. The van der Waals surface area contributed by atoms with Crippen LogP contribution in [0.5, 0.6) is 0 Å². The number of anilines is 1. The van der Waals surface area contributed by atoms with Crippen molar-refractivity contribution in [3.8, 4) is 0 Å². The molecule has 2 aromatic carbocycles. The van der Waals surface area contributed by atoms with E-state index >= 15 is 0 Å². The highest BCUT2D eigenvalue weighted by Crippen LogP contribution is 2.38. The Morgan fingerprint density at radius 3 is 2.62 bits per heavy atom. The van der Waals surface area contributed by atoms with E-state index in [1.165, 1.54) is 7.11 Å². The number of rotatable bonds is 5. The van der Waals surface area contributed by atoms with Gasteiger partial charge in [0.1, 0.15) is 5.69 Å². The van der Waals surface area contributed by atoms with Crippen LogP contribution in [0.25, 0.3) is 10.8 Å². The summed E-state index contributed by atoms with van der Waals surface area (Å²) < 4.78 is 4.88. The van der Waals surface area contributed by atoms with Gasteiger partial charge in [-0.25, -0.2) is 4.89 Å². The van der Waals surface area contributed by atoms with Gasteiger partial charge in [0.05, 0.1) is 24.8 Å². The molecule has 7 heteroatoms. The number of nitrogens with two attached hydrogens (primary N) is 1. The van der Waals surface area contributed by atoms with Crippen LogP contribution in [0.4, 0.5) is 11.4 Å². The monoisotopic (exact) mass is 307 g/mol. The molecule has 0 unspecified atom stereocenters. The molecule has 0 radical (unpaired) electrons. The van der Waals surface area contributed by atoms with E-state index in [2.05, 4.69) is 20.2 Å². The van der Waals surface area contributed by atoms with Crippen molar-refractivity contribution < 1.29 is 14.3 Å². The molecule has 2 N–H and O–H groups in total. The molecule has 0 saturated carbocycles. The number of benzene rings is 2. The summed E-state index contributed by atoms with van der Waals surface area (Å²) in [6.45, 7) is 4.02. The smallest absolute Gasteiger partial charge is 0.109 e. The van der Waals surface area contributed by atoms with Crippen LogP contribution in [0.15, 0.2) is 33.3 Å². The zero-order chi connectivity index (χ0) is 15.4. The zero-order valence-electron chi connectivity index (χ0n) is 12.3. The van der Waals surface area contributed by atoms with Gasteiger partial charge in [-0.15, -0.1) is 4.33 Å². The van der Waals surface area contributed by atoms with Crippen LogP contribution in [0.3, 0.4) is 0 Å². The van der Waals surface area contributed by atoms with Crippen molar-refractivity contribution in [1.29, 1.82) is 0 Å². The average Bonchev–Trinajstić information content (AvgIpc) is 2.47. The van der Waals surface area contributed by atoms with Crippen molar-refractivity contribution in [2.75, 3.05) is 19.9 Å². The molecule has 0 aromatic heterocycles. The lowest BCUT2D eigenvalue weighted by Gasteiger charge is -2.13. The predicted octanol–water partition coefficient (Wildman–Crippen LogP) is 4.27. The highest BCUT2D eigenvalue weighted by molar-refractivity contribution is 7.94. The Labute approximate surface area is 127 Å². The van der Waals surface area contributed by atoms with E-state index in [9.17, 15) is 0 Å². The maximum absolute atomic E-state index is 6.21. The molecule has 112 valence electrons. The molecule has 0 bridgehead atoms. The van der Waals surface area contributed by atoms with Gasteiger partial charge in [0.25, 0.3) is 0 Å². The van der Waals surface area contributed by atoms with Crippen molar-refractivity contribution in [2.24, 2.45) is 10.2 Å². The topological polar surface area (TPSA) is 78.4 Å². The van der Waals surface area contributed by atoms with Crippen molar-refractivity contribution in [3.05, 3.63) is 29.3 Å². The van der Waals surface area contributed by atoms with Crippen LogP contribution in [-0.2, 0) is 14.3 Å². The Kier molecular flexibility index (Phi) is 5.13. The highest BCUT2D eigenvalue weighted by Gasteiger charge is 2.13. The lowest BCUT2D eigenvalue weighted by Crippen LogP contribution is -1.95. The number of aryl methyl sites for hydroxylation is 1. The molecule has 0 spiro atoms. The number of hydrogen-bond acceptors (Lipinski definition) is 7. The molecule has 21 heavy (non-hydrogen) atoms. The summed E-state index contributed by atoms with van der Waals surface area (Å²) in [6.07, 6.45) is 0. The molecule has 0 aliphatic carbocycles. The zero-order valence-corrected chi connectivity index (χ0v) is 13.2. The predicted molar refractivity (Wildman–Crippen MR) is 83.3 cm³/mol. The summed E-state index contributed by atoms with van der Waals surface area (Å²) >= 11 is 1.09. The van der Waals surface area contributed by atoms with E-state index in [-0.39, 0.29) is 0 Å². The number of hydrogen-bond donors (Lipinski definition) is 1. The van der Waals surface area contributed by atoms with Crippen LogP contribution in [-0.4, -0.2) is 14.2 Å². The third-order valence-corrected chi connectivity index (χ3v) is 4.00. The highest BCUT2D eigenvalue weighted by atomic mass is 32.2. The molecule has 0 aliphatic rings. The Balaban J connectivity index is 2.55. The fourth-order valence-electron chi connectivity index (χ4n) is 2.15. The fourth-order valence-corrected chi connectivity index (χ4v) is 2.76. The first kappa shape index (κ1) is 15.7. The second-order valence-corrected chi connectivity index (χ2v) is 5.15. The molecule has 0 saturated heterocycles. The van der Waals surface area contributed by atoms with Crippen LogP contribution in [0.1, 0.15) is 11.1 Å². The number of fused-ring (bicyclic) bond motifs is 1. The summed E-state index contributed by atoms with van der Waals surface area (Å²) in [7, 11) is 3.00. The standard InChI is InChI=1S/C14H17N3O3S/c1-8-9(2)13-10(7-12(8)21-20-19-18-4)5-6-11(14(13)15)17-16-3/h5-7H,15H2,1-4H3. The minimum absolute atomic E-state index is 0.629. The Hall–Kier alpha value is -1.67. The molecule has 0 heterocycles. The first-order chi connectivity index (χ1) is 10.1. The molecule has 0 amide bonds. The molecule has 2 aromatic rings. The van der Waals surface area contributed by atoms with Crippen molar-refractivity contribution in [3.63, 3.8) is 0 Å². The second kappa shape index (κ2) is 6.86. The van der Waals surface area contributed by atoms with Crippen LogP contribution < -0.4 is 5.73 Å². The Bertz CT molecular complexity index is 689. The minimum Gasteiger partial charge on any atom is -0.396 e. The molecule has 0 aliphatic heterocycles. The molecule has 2 rings (SSSR count). The second-order valence-electron chi connectivity index (χ2n) is 4.41. The molecule has 0 atom stereocenters. The van der Waals surface area contributed by atoms with Gasteiger partial charge >= 0.3 is 0 Å².